The fourth-order valence-corrected chi connectivity index (χ4v) is 1.85. The lowest BCUT2D eigenvalue weighted by molar-refractivity contribution is 0.0518. The van der Waals surface area contributed by atoms with Gasteiger partial charge in [0.1, 0.15) is 0 Å². The Kier molecular flexibility index (Phi) is 3.68. The largest absolute Gasteiger partial charge is 0.461 e. The molecule has 0 fully saturated rings. The molecule has 0 unspecified atom stereocenters. The van der Waals surface area contributed by atoms with E-state index in [1.54, 1.807) is 26.0 Å². The summed E-state index contributed by atoms with van der Waals surface area (Å²) in [6, 6.07) is 3.20. The van der Waals surface area contributed by atoms with Gasteiger partial charge in [0, 0.05) is 0 Å². The molecule has 1 heterocycles. The minimum absolute atomic E-state index is 0.197. The summed E-state index contributed by atoms with van der Waals surface area (Å²) in [6.07, 6.45) is 0. The highest BCUT2D eigenvalue weighted by molar-refractivity contribution is 6.42. The van der Waals surface area contributed by atoms with E-state index in [1.807, 2.05) is 0 Å². The Bertz CT molecular complexity index is 629. The molecule has 0 radical (unpaired) electrons. The number of esters is 1. The van der Waals surface area contributed by atoms with Crippen LogP contribution in [0.5, 0.6) is 0 Å². The van der Waals surface area contributed by atoms with Crippen LogP contribution >= 0.6 is 23.2 Å². The van der Waals surface area contributed by atoms with Crippen LogP contribution < -0.4 is 0 Å². The van der Waals surface area contributed by atoms with E-state index in [0.29, 0.717) is 33.4 Å². The lowest BCUT2D eigenvalue weighted by Crippen LogP contribution is -2.10. The van der Waals surface area contributed by atoms with E-state index in [1.165, 1.54) is 0 Å². The summed E-state index contributed by atoms with van der Waals surface area (Å²) < 4.78 is 4.91. The normalized spacial score (nSPS) is 10.7. The fourth-order valence-electron chi connectivity index (χ4n) is 1.53. The van der Waals surface area contributed by atoms with Gasteiger partial charge >= 0.3 is 5.97 Å². The summed E-state index contributed by atoms with van der Waals surface area (Å²) >= 11 is 11.8. The number of nitrogens with zero attached hydrogens (tertiary/aromatic N) is 2. The van der Waals surface area contributed by atoms with Crippen LogP contribution in [0.3, 0.4) is 0 Å². The number of halogens is 2. The molecule has 94 valence electrons. The van der Waals surface area contributed by atoms with E-state index in [0.717, 1.165) is 0 Å². The van der Waals surface area contributed by atoms with Crippen molar-refractivity contribution in [3.05, 3.63) is 33.6 Å². The Morgan fingerprint density at radius 1 is 1.22 bits per heavy atom. The maximum atomic E-state index is 11.7. The van der Waals surface area contributed by atoms with Crippen molar-refractivity contribution in [3.8, 4) is 0 Å². The Morgan fingerprint density at radius 3 is 2.33 bits per heavy atom. The Balaban J connectivity index is 2.61. The van der Waals surface area contributed by atoms with Gasteiger partial charge < -0.3 is 4.74 Å². The lowest BCUT2D eigenvalue weighted by Gasteiger charge is -2.06. The molecule has 2 rings (SSSR count). The van der Waals surface area contributed by atoms with Crippen LogP contribution in [0.2, 0.25) is 10.0 Å². The van der Waals surface area contributed by atoms with Crippen LogP contribution in [0.15, 0.2) is 12.1 Å². The van der Waals surface area contributed by atoms with Gasteiger partial charge in [-0.05, 0) is 26.0 Å². The second kappa shape index (κ2) is 5.08. The molecule has 0 aliphatic carbocycles. The van der Waals surface area contributed by atoms with Crippen LogP contribution in [0.4, 0.5) is 0 Å². The summed E-state index contributed by atoms with van der Waals surface area (Å²) in [7, 11) is 0. The quantitative estimate of drug-likeness (QED) is 0.793. The summed E-state index contributed by atoms with van der Waals surface area (Å²) in [5.41, 5.74) is 1.80. The molecule has 0 saturated heterocycles. The molecule has 4 nitrogen and oxygen atoms in total. The van der Waals surface area contributed by atoms with E-state index in [9.17, 15) is 4.79 Å². The molecule has 0 atom stereocenters. The number of hydrogen-bond acceptors (Lipinski definition) is 4. The summed E-state index contributed by atoms with van der Waals surface area (Å²) in [4.78, 5) is 20.2. The molecule has 0 spiro atoms. The Hall–Kier alpha value is -1.39. The zero-order valence-corrected chi connectivity index (χ0v) is 11.3. The first kappa shape index (κ1) is 13.1. The van der Waals surface area contributed by atoms with Crippen LogP contribution in [0.25, 0.3) is 11.0 Å². The summed E-state index contributed by atoms with van der Waals surface area (Å²) in [5.74, 6) is -0.490. The molecule has 0 aliphatic heterocycles. The Labute approximate surface area is 114 Å². The van der Waals surface area contributed by atoms with Gasteiger partial charge in [-0.3, -0.25) is 0 Å². The van der Waals surface area contributed by atoms with Crippen molar-refractivity contribution >= 4 is 40.2 Å². The highest BCUT2D eigenvalue weighted by atomic mass is 35.5. The number of hydrogen-bond donors (Lipinski definition) is 0. The molecule has 0 N–H and O–H groups in total. The third kappa shape index (κ3) is 2.40. The first-order chi connectivity index (χ1) is 8.52. The number of carbonyl (C=O) groups is 1. The lowest BCUT2D eigenvalue weighted by atomic mass is 10.2. The number of fused-ring (bicyclic) bond motifs is 1. The van der Waals surface area contributed by atoms with Crippen LogP contribution in [0.1, 0.15) is 23.1 Å². The molecule has 0 aliphatic rings. The minimum Gasteiger partial charge on any atom is -0.461 e. The number of aryl methyl sites for hydroxylation is 1. The zero-order valence-electron chi connectivity index (χ0n) is 9.83. The average Bonchev–Trinajstić information content (AvgIpc) is 2.31. The monoisotopic (exact) mass is 284 g/mol. The molecule has 0 saturated carbocycles. The maximum absolute atomic E-state index is 11.7. The number of ether oxygens (including phenoxy) is 1. The van der Waals surface area contributed by atoms with E-state index >= 15 is 0 Å². The van der Waals surface area contributed by atoms with Crippen molar-refractivity contribution in [2.24, 2.45) is 0 Å². The van der Waals surface area contributed by atoms with Crippen molar-refractivity contribution in [3.63, 3.8) is 0 Å². The van der Waals surface area contributed by atoms with Crippen LogP contribution in [-0.4, -0.2) is 22.5 Å². The maximum Gasteiger partial charge on any atom is 0.358 e. The molecule has 18 heavy (non-hydrogen) atoms. The topological polar surface area (TPSA) is 52.1 Å². The first-order valence-electron chi connectivity index (χ1n) is 5.33. The third-order valence-corrected chi connectivity index (χ3v) is 3.07. The van der Waals surface area contributed by atoms with Crippen molar-refractivity contribution < 1.29 is 9.53 Å². The molecular formula is C12H10Cl2N2O2. The predicted octanol–water partition coefficient (Wildman–Crippen LogP) is 3.42. The third-order valence-electron chi connectivity index (χ3n) is 2.35. The standard InChI is InChI=1S/C12H10Cl2N2O2/c1-3-18-12(17)11-6(2)15-9-4-7(13)8(14)5-10(9)16-11/h4-5H,3H2,1-2H3. The second-order valence-electron chi connectivity index (χ2n) is 3.63. The SMILES string of the molecule is CCOC(=O)c1nc2cc(Cl)c(Cl)cc2nc1C. The number of rotatable bonds is 2. The molecule has 0 bridgehead atoms. The van der Waals surface area contributed by atoms with Crippen LogP contribution in [0, 0.1) is 6.92 Å². The van der Waals surface area contributed by atoms with Crippen molar-refractivity contribution in [2.75, 3.05) is 6.61 Å². The fraction of sp³-hybridized carbons (Fsp3) is 0.250. The van der Waals surface area contributed by atoms with Crippen molar-refractivity contribution in [1.29, 1.82) is 0 Å². The Morgan fingerprint density at radius 2 is 1.78 bits per heavy atom. The first-order valence-corrected chi connectivity index (χ1v) is 6.09. The van der Waals surface area contributed by atoms with E-state index in [4.69, 9.17) is 27.9 Å². The molecule has 6 heteroatoms. The summed E-state index contributed by atoms with van der Waals surface area (Å²) in [5, 5.41) is 0.777. The van der Waals surface area contributed by atoms with Gasteiger partial charge in [0.15, 0.2) is 5.69 Å². The molecule has 2 aromatic rings. The van der Waals surface area contributed by atoms with Gasteiger partial charge in [-0.1, -0.05) is 23.2 Å². The number of benzene rings is 1. The van der Waals surface area contributed by atoms with Gasteiger partial charge in [0.2, 0.25) is 0 Å². The molecule has 0 amide bonds. The van der Waals surface area contributed by atoms with Gasteiger partial charge in [-0.25, -0.2) is 14.8 Å². The van der Waals surface area contributed by atoms with Gasteiger partial charge in [-0.15, -0.1) is 0 Å². The van der Waals surface area contributed by atoms with E-state index in [-0.39, 0.29) is 5.69 Å². The van der Waals surface area contributed by atoms with Gasteiger partial charge in [0.05, 0.1) is 33.4 Å². The highest BCUT2D eigenvalue weighted by Crippen LogP contribution is 2.26. The zero-order chi connectivity index (χ0) is 13.3. The highest BCUT2D eigenvalue weighted by Gasteiger charge is 2.15. The van der Waals surface area contributed by atoms with Crippen molar-refractivity contribution in [1.82, 2.24) is 9.97 Å². The van der Waals surface area contributed by atoms with Crippen molar-refractivity contribution in [2.45, 2.75) is 13.8 Å². The van der Waals surface area contributed by atoms with E-state index < -0.39 is 5.97 Å². The van der Waals surface area contributed by atoms with E-state index in [2.05, 4.69) is 9.97 Å². The number of aromatic nitrogens is 2. The molecule has 1 aromatic carbocycles. The summed E-state index contributed by atoms with van der Waals surface area (Å²) in [6.45, 7) is 3.72. The smallest absolute Gasteiger partial charge is 0.358 e. The molecule has 1 aromatic heterocycles. The van der Waals surface area contributed by atoms with Crippen LogP contribution in [-0.2, 0) is 4.74 Å². The number of carbonyl (C=O) groups excluding carboxylic acids is 1. The minimum atomic E-state index is -0.490. The average molecular weight is 285 g/mol. The molecular weight excluding hydrogens is 275 g/mol. The van der Waals surface area contributed by atoms with Gasteiger partial charge in [0.25, 0.3) is 0 Å². The second-order valence-corrected chi connectivity index (χ2v) is 4.45. The predicted molar refractivity (Wildman–Crippen MR) is 70.3 cm³/mol. The van der Waals surface area contributed by atoms with Gasteiger partial charge in [-0.2, -0.15) is 0 Å².